The quantitative estimate of drug-likeness (QED) is 0.800. The van der Waals surface area contributed by atoms with E-state index in [0.29, 0.717) is 25.7 Å². The number of likely N-dealkylation sites (tertiary alicyclic amines) is 2. The highest BCUT2D eigenvalue weighted by Crippen LogP contribution is 2.31. The van der Waals surface area contributed by atoms with Crippen LogP contribution >= 0.6 is 0 Å². The molecule has 0 aromatic heterocycles. The second kappa shape index (κ2) is 8.76. The van der Waals surface area contributed by atoms with E-state index in [1.165, 1.54) is 11.1 Å². The molecule has 3 aliphatic heterocycles. The van der Waals surface area contributed by atoms with Crippen LogP contribution in [0.5, 0.6) is 0 Å². The lowest BCUT2D eigenvalue weighted by atomic mass is 9.95. The Morgan fingerprint density at radius 1 is 1.07 bits per heavy atom. The third kappa shape index (κ3) is 4.83. The first-order valence-electron chi connectivity index (χ1n) is 10.6. The molecule has 3 aliphatic rings. The van der Waals surface area contributed by atoms with E-state index in [0.717, 1.165) is 51.9 Å². The zero-order chi connectivity index (χ0) is 19.4. The fourth-order valence-electron chi connectivity index (χ4n) is 4.39. The number of aryl methyl sites for hydroxylation is 1. The molecule has 0 bridgehead atoms. The van der Waals surface area contributed by atoms with Gasteiger partial charge in [-0.1, -0.05) is 42.0 Å². The smallest absolute Gasteiger partial charge is 0.236 e. The summed E-state index contributed by atoms with van der Waals surface area (Å²) in [5, 5.41) is 0. The Kier molecular flexibility index (Phi) is 6.14. The van der Waals surface area contributed by atoms with Gasteiger partial charge in [0.15, 0.2) is 5.79 Å². The highest BCUT2D eigenvalue weighted by molar-refractivity contribution is 5.78. The number of benzene rings is 1. The first kappa shape index (κ1) is 19.6. The largest absolute Gasteiger partial charge is 0.347 e. The first-order chi connectivity index (χ1) is 13.6. The van der Waals surface area contributed by atoms with Gasteiger partial charge in [-0.2, -0.15) is 0 Å². The molecule has 0 radical (unpaired) electrons. The van der Waals surface area contributed by atoms with Crippen molar-refractivity contribution in [1.82, 2.24) is 9.80 Å². The van der Waals surface area contributed by atoms with Crippen molar-refractivity contribution in [1.29, 1.82) is 0 Å². The zero-order valence-corrected chi connectivity index (χ0v) is 16.9. The van der Waals surface area contributed by atoms with E-state index in [4.69, 9.17) is 9.47 Å². The highest BCUT2D eigenvalue weighted by atomic mass is 16.7. The minimum atomic E-state index is -0.359. The standard InChI is InChI=1S/C23H32N2O3/c1-19-2-4-20(5-3-19)6-7-21-8-12-25(13-9-21)22(26)18-24-14-10-23(11-15-24)27-16-17-28-23/h2-7,21H,8-18H2,1H3/b7-6+. The number of nitrogens with zero attached hydrogens (tertiary/aromatic N) is 2. The summed E-state index contributed by atoms with van der Waals surface area (Å²) >= 11 is 0. The number of allylic oxidation sites excluding steroid dienone is 1. The van der Waals surface area contributed by atoms with E-state index < -0.39 is 0 Å². The lowest BCUT2D eigenvalue weighted by Gasteiger charge is -2.38. The number of ether oxygens (including phenoxy) is 2. The van der Waals surface area contributed by atoms with Gasteiger partial charge in [0.1, 0.15) is 0 Å². The van der Waals surface area contributed by atoms with E-state index in [9.17, 15) is 4.79 Å². The fourth-order valence-corrected chi connectivity index (χ4v) is 4.39. The average molecular weight is 385 g/mol. The Labute approximate surface area is 168 Å². The lowest BCUT2D eigenvalue weighted by molar-refractivity contribution is -0.186. The molecular weight excluding hydrogens is 352 g/mol. The normalized spacial score (nSPS) is 23.7. The van der Waals surface area contributed by atoms with Crippen molar-refractivity contribution in [3.8, 4) is 0 Å². The molecular formula is C23H32N2O3. The summed E-state index contributed by atoms with van der Waals surface area (Å²) < 4.78 is 11.5. The lowest BCUT2D eigenvalue weighted by Crippen LogP contribution is -2.49. The van der Waals surface area contributed by atoms with E-state index in [-0.39, 0.29) is 11.7 Å². The summed E-state index contributed by atoms with van der Waals surface area (Å²) in [5.41, 5.74) is 2.54. The Bertz CT molecular complexity index is 676. The Balaban J connectivity index is 1.19. The predicted molar refractivity (Wildman–Crippen MR) is 110 cm³/mol. The molecule has 3 saturated heterocycles. The molecule has 0 N–H and O–H groups in total. The van der Waals surface area contributed by atoms with Crippen LogP contribution in [0.3, 0.4) is 0 Å². The van der Waals surface area contributed by atoms with Crippen molar-refractivity contribution in [3.63, 3.8) is 0 Å². The fraction of sp³-hybridized carbons (Fsp3) is 0.609. The van der Waals surface area contributed by atoms with Gasteiger partial charge in [-0.3, -0.25) is 9.69 Å². The third-order valence-electron chi connectivity index (χ3n) is 6.32. The molecule has 3 heterocycles. The molecule has 0 atom stereocenters. The molecule has 1 aromatic carbocycles. The van der Waals surface area contributed by atoms with Crippen LogP contribution in [0.2, 0.25) is 0 Å². The minimum absolute atomic E-state index is 0.269. The second-order valence-electron chi connectivity index (χ2n) is 8.37. The molecule has 3 fully saturated rings. The van der Waals surface area contributed by atoms with Crippen LogP contribution in [-0.4, -0.2) is 67.4 Å². The minimum Gasteiger partial charge on any atom is -0.347 e. The maximum Gasteiger partial charge on any atom is 0.236 e. The van der Waals surface area contributed by atoms with Gasteiger partial charge < -0.3 is 14.4 Å². The number of carbonyl (C=O) groups is 1. The van der Waals surface area contributed by atoms with Crippen molar-refractivity contribution in [3.05, 3.63) is 41.5 Å². The molecule has 5 heteroatoms. The van der Waals surface area contributed by atoms with Crippen molar-refractivity contribution >= 4 is 12.0 Å². The van der Waals surface area contributed by atoms with Crippen LogP contribution < -0.4 is 0 Å². The molecule has 1 spiro atoms. The van der Waals surface area contributed by atoms with Gasteiger partial charge in [-0.05, 0) is 31.2 Å². The van der Waals surface area contributed by atoms with Crippen LogP contribution in [-0.2, 0) is 14.3 Å². The monoisotopic (exact) mass is 384 g/mol. The molecule has 0 aliphatic carbocycles. The topological polar surface area (TPSA) is 42.0 Å². The van der Waals surface area contributed by atoms with E-state index in [1.54, 1.807) is 0 Å². The van der Waals surface area contributed by atoms with Crippen molar-refractivity contribution in [2.24, 2.45) is 5.92 Å². The second-order valence-corrected chi connectivity index (χ2v) is 8.37. The predicted octanol–water partition coefficient (Wildman–Crippen LogP) is 3.09. The summed E-state index contributed by atoms with van der Waals surface area (Å²) in [5.74, 6) is 0.476. The molecule has 5 nitrogen and oxygen atoms in total. The van der Waals surface area contributed by atoms with Gasteiger partial charge in [0.05, 0.1) is 19.8 Å². The highest BCUT2D eigenvalue weighted by Gasteiger charge is 2.40. The molecule has 0 saturated carbocycles. The number of hydrogen-bond donors (Lipinski definition) is 0. The van der Waals surface area contributed by atoms with Crippen LogP contribution in [0.1, 0.15) is 36.8 Å². The van der Waals surface area contributed by atoms with Crippen LogP contribution in [0, 0.1) is 12.8 Å². The van der Waals surface area contributed by atoms with Gasteiger partial charge >= 0.3 is 0 Å². The Morgan fingerprint density at radius 3 is 2.36 bits per heavy atom. The Morgan fingerprint density at radius 2 is 1.71 bits per heavy atom. The van der Waals surface area contributed by atoms with Crippen LogP contribution in [0.15, 0.2) is 30.3 Å². The van der Waals surface area contributed by atoms with Crippen LogP contribution in [0.25, 0.3) is 6.08 Å². The summed E-state index contributed by atoms with van der Waals surface area (Å²) in [7, 11) is 0. The molecule has 1 amide bonds. The maximum atomic E-state index is 12.7. The van der Waals surface area contributed by atoms with Gasteiger partial charge in [0.25, 0.3) is 0 Å². The molecule has 1 aromatic rings. The third-order valence-corrected chi connectivity index (χ3v) is 6.32. The number of rotatable bonds is 4. The number of piperidine rings is 2. The summed E-state index contributed by atoms with van der Waals surface area (Å²) in [6, 6.07) is 8.62. The SMILES string of the molecule is Cc1ccc(/C=C/C2CCN(C(=O)CN3CCC4(CC3)OCCO4)CC2)cc1. The summed E-state index contributed by atoms with van der Waals surface area (Å²) in [6.07, 6.45) is 8.38. The van der Waals surface area contributed by atoms with Crippen molar-refractivity contribution in [2.75, 3.05) is 45.9 Å². The van der Waals surface area contributed by atoms with Gasteiger partial charge in [-0.15, -0.1) is 0 Å². The Hall–Kier alpha value is -1.69. The van der Waals surface area contributed by atoms with Gasteiger partial charge in [-0.25, -0.2) is 0 Å². The maximum absolute atomic E-state index is 12.7. The number of amides is 1. The summed E-state index contributed by atoms with van der Waals surface area (Å²) in [6.45, 7) is 7.53. The van der Waals surface area contributed by atoms with E-state index >= 15 is 0 Å². The molecule has 28 heavy (non-hydrogen) atoms. The molecule has 152 valence electrons. The number of hydrogen-bond acceptors (Lipinski definition) is 4. The zero-order valence-electron chi connectivity index (χ0n) is 16.9. The van der Waals surface area contributed by atoms with Crippen molar-refractivity contribution < 1.29 is 14.3 Å². The molecule has 4 rings (SSSR count). The van der Waals surface area contributed by atoms with E-state index in [2.05, 4.69) is 48.2 Å². The van der Waals surface area contributed by atoms with Crippen molar-refractivity contribution in [2.45, 2.75) is 38.4 Å². The number of carbonyl (C=O) groups excluding carboxylic acids is 1. The average Bonchev–Trinajstić information content (AvgIpc) is 3.18. The van der Waals surface area contributed by atoms with Gasteiger partial charge in [0, 0.05) is 39.0 Å². The van der Waals surface area contributed by atoms with Crippen LogP contribution in [0.4, 0.5) is 0 Å². The first-order valence-corrected chi connectivity index (χ1v) is 10.6. The summed E-state index contributed by atoms with van der Waals surface area (Å²) in [4.78, 5) is 17.0. The molecule has 0 unspecified atom stereocenters. The van der Waals surface area contributed by atoms with E-state index in [1.807, 2.05) is 4.90 Å². The van der Waals surface area contributed by atoms with Gasteiger partial charge in [0.2, 0.25) is 5.91 Å².